The summed E-state index contributed by atoms with van der Waals surface area (Å²) in [4.78, 5) is 19.7. The predicted octanol–water partition coefficient (Wildman–Crippen LogP) is 4.42. The fourth-order valence-corrected chi connectivity index (χ4v) is 2.16. The van der Waals surface area contributed by atoms with Crippen LogP contribution in [0.1, 0.15) is 35.7 Å². The first-order valence-electron chi connectivity index (χ1n) is 7.55. The van der Waals surface area contributed by atoms with Gasteiger partial charge in [0.15, 0.2) is 0 Å². The molecular weight excluding hydrogens is 357 g/mol. The van der Waals surface area contributed by atoms with E-state index in [0.717, 1.165) is 25.0 Å². The van der Waals surface area contributed by atoms with Gasteiger partial charge in [0, 0.05) is 24.6 Å². The number of carbonyl (C=O) groups is 1. The maximum Gasteiger partial charge on any atom is 0.417 e. The molecule has 1 aromatic carbocycles. The van der Waals surface area contributed by atoms with Gasteiger partial charge >= 0.3 is 6.18 Å². The Kier molecular flexibility index (Phi) is 6.19. The number of nitrogens with one attached hydrogen (secondary N) is 2. The summed E-state index contributed by atoms with van der Waals surface area (Å²) in [5.74, 6) is -0.230. The lowest BCUT2D eigenvalue weighted by Crippen LogP contribution is -2.24. The summed E-state index contributed by atoms with van der Waals surface area (Å²) < 4.78 is 38.5. The number of hydrogen-bond donors (Lipinski definition) is 2. The molecule has 0 aliphatic carbocycles. The monoisotopic (exact) mass is 372 g/mol. The van der Waals surface area contributed by atoms with Crippen LogP contribution >= 0.6 is 11.6 Å². The van der Waals surface area contributed by atoms with Crippen molar-refractivity contribution in [1.82, 2.24) is 15.3 Å². The smallest absolute Gasteiger partial charge is 0.352 e. The molecule has 0 aliphatic rings. The van der Waals surface area contributed by atoms with Crippen molar-refractivity contribution in [1.29, 1.82) is 0 Å². The molecule has 134 valence electrons. The highest BCUT2D eigenvalue weighted by atomic mass is 35.5. The van der Waals surface area contributed by atoms with E-state index in [1.165, 1.54) is 18.5 Å². The van der Waals surface area contributed by atoms with Gasteiger partial charge in [-0.3, -0.25) is 4.79 Å². The number of unbranched alkanes of at least 4 members (excludes halogenated alkanes) is 1. The molecule has 2 aromatic rings. The highest BCUT2D eigenvalue weighted by Gasteiger charge is 2.33. The average Bonchev–Trinajstić information content (AvgIpc) is 2.56. The lowest BCUT2D eigenvalue weighted by molar-refractivity contribution is -0.137. The summed E-state index contributed by atoms with van der Waals surface area (Å²) in [7, 11) is 0. The number of nitrogens with zero attached hydrogens (tertiary/aromatic N) is 2. The molecule has 0 radical (unpaired) electrons. The molecule has 0 aliphatic heterocycles. The fraction of sp³-hybridized carbons (Fsp3) is 0.312. The van der Waals surface area contributed by atoms with E-state index in [-0.39, 0.29) is 23.1 Å². The van der Waals surface area contributed by atoms with Gasteiger partial charge < -0.3 is 10.6 Å². The first-order chi connectivity index (χ1) is 11.8. The summed E-state index contributed by atoms with van der Waals surface area (Å²) in [6.07, 6.45) is -0.130. The number of amides is 1. The standard InChI is InChI=1S/C16H16ClF3N4O/c1-2-3-6-21-14(25)10-8-22-15(23-9-10)24-11-4-5-13(17)12(7-11)16(18,19)20/h4-5,7-9H,2-3,6H2,1H3,(H,21,25)(H,22,23,24). The van der Waals surface area contributed by atoms with Crippen LogP contribution in [0.4, 0.5) is 24.8 Å². The molecule has 1 heterocycles. The lowest BCUT2D eigenvalue weighted by atomic mass is 10.2. The molecule has 0 spiro atoms. The first kappa shape index (κ1) is 19.0. The van der Waals surface area contributed by atoms with Crippen LogP contribution in [0.3, 0.4) is 0 Å². The molecule has 1 aromatic heterocycles. The summed E-state index contributed by atoms with van der Waals surface area (Å²) in [6, 6.07) is 3.39. The number of aromatic nitrogens is 2. The second kappa shape index (κ2) is 8.15. The summed E-state index contributed by atoms with van der Waals surface area (Å²) in [6.45, 7) is 2.57. The number of alkyl halides is 3. The van der Waals surface area contributed by atoms with Crippen molar-refractivity contribution < 1.29 is 18.0 Å². The number of anilines is 2. The van der Waals surface area contributed by atoms with E-state index in [2.05, 4.69) is 20.6 Å². The van der Waals surface area contributed by atoms with Gasteiger partial charge in [0.05, 0.1) is 16.1 Å². The zero-order valence-corrected chi connectivity index (χ0v) is 14.1. The maximum atomic E-state index is 12.8. The Morgan fingerprint density at radius 2 is 1.92 bits per heavy atom. The van der Waals surface area contributed by atoms with Gasteiger partial charge in [-0.25, -0.2) is 9.97 Å². The molecule has 2 rings (SSSR count). The molecule has 0 bridgehead atoms. The average molecular weight is 373 g/mol. The molecule has 0 unspecified atom stereocenters. The van der Waals surface area contributed by atoms with E-state index < -0.39 is 16.8 Å². The van der Waals surface area contributed by atoms with Gasteiger partial charge in [0.1, 0.15) is 0 Å². The van der Waals surface area contributed by atoms with E-state index in [0.29, 0.717) is 6.54 Å². The lowest BCUT2D eigenvalue weighted by Gasteiger charge is -2.11. The second-order valence-electron chi connectivity index (χ2n) is 5.22. The molecule has 9 heteroatoms. The van der Waals surface area contributed by atoms with Crippen molar-refractivity contribution in [3.8, 4) is 0 Å². The Morgan fingerprint density at radius 3 is 2.52 bits per heavy atom. The minimum Gasteiger partial charge on any atom is -0.352 e. The Labute approximate surface area is 147 Å². The van der Waals surface area contributed by atoms with E-state index in [4.69, 9.17) is 11.6 Å². The van der Waals surface area contributed by atoms with Crippen molar-refractivity contribution >= 4 is 29.1 Å². The van der Waals surface area contributed by atoms with Crippen molar-refractivity contribution in [2.75, 3.05) is 11.9 Å². The van der Waals surface area contributed by atoms with E-state index >= 15 is 0 Å². The van der Waals surface area contributed by atoms with Gasteiger partial charge in [-0.2, -0.15) is 13.2 Å². The van der Waals surface area contributed by atoms with Gasteiger partial charge in [0.2, 0.25) is 5.95 Å². The number of halogens is 4. The van der Waals surface area contributed by atoms with Crippen LogP contribution in [-0.2, 0) is 6.18 Å². The molecule has 0 saturated carbocycles. The van der Waals surface area contributed by atoms with Gasteiger partial charge in [-0.05, 0) is 24.6 Å². The topological polar surface area (TPSA) is 66.9 Å². The van der Waals surface area contributed by atoms with Crippen molar-refractivity contribution in [2.24, 2.45) is 0 Å². The maximum absolute atomic E-state index is 12.8. The van der Waals surface area contributed by atoms with Gasteiger partial charge in [-0.15, -0.1) is 0 Å². The molecule has 2 N–H and O–H groups in total. The third kappa shape index (κ3) is 5.32. The van der Waals surface area contributed by atoms with Gasteiger partial charge in [0.25, 0.3) is 5.91 Å². The minimum atomic E-state index is -4.56. The van der Waals surface area contributed by atoms with Crippen molar-refractivity contribution in [3.63, 3.8) is 0 Å². The second-order valence-corrected chi connectivity index (χ2v) is 5.63. The van der Waals surface area contributed by atoms with Crippen LogP contribution in [0.15, 0.2) is 30.6 Å². The quantitative estimate of drug-likeness (QED) is 0.736. The van der Waals surface area contributed by atoms with E-state index in [1.807, 2.05) is 6.92 Å². The zero-order valence-electron chi connectivity index (χ0n) is 13.3. The number of carbonyl (C=O) groups excluding carboxylic acids is 1. The SMILES string of the molecule is CCCCNC(=O)c1cnc(Nc2ccc(Cl)c(C(F)(F)F)c2)nc1. The highest BCUT2D eigenvalue weighted by Crippen LogP contribution is 2.36. The summed E-state index contributed by atoms with van der Waals surface area (Å²) >= 11 is 5.57. The number of rotatable bonds is 6. The molecular formula is C16H16ClF3N4O. The first-order valence-corrected chi connectivity index (χ1v) is 7.93. The minimum absolute atomic E-state index is 0.0700. The zero-order chi connectivity index (χ0) is 18.4. The van der Waals surface area contributed by atoms with E-state index in [9.17, 15) is 18.0 Å². The predicted molar refractivity (Wildman–Crippen MR) is 89.0 cm³/mol. The van der Waals surface area contributed by atoms with Crippen LogP contribution in [0.5, 0.6) is 0 Å². The van der Waals surface area contributed by atoms with Crippen molar-refractivity contribution in [3.05, 3.63) is 46.7 Å². The van der Waals surface area contributed by atoms with Gasteiger partial charge in [-0.1, -0.05) is 24.9 Å². The Hall–Kier alpha value is -2.35. The number of hydrogen-bond acceptors (Lipinski definition) is 4. The Bertz CT molecular complexity index is 735. The van der Waals surface area contributed by atoms with Crippen LogP contribution in [0, 0.1) is 0 Å². The molecule has 0 atom stereocenters. The third-order valence-corrected chi connectivity index (χ3v) is 3.59. The van der Waals surface area contributed by atoms with Crippen LogP contribution in [0.25, 0.3) is 0 Å². The summed E-state index contributed by atoms with van der Waals surface area (Å²) in [5.41, 5.74) is -0.545. The molecule has 5 nitrogen and oxygen atoms in total. The van der Waals surface area contributed by atoms with Crippen LogP contribution in [0.2, 0.25) is 5.02 Å². The third-order valence-electron chi connectivity index (χ3n) is 3.26. The van der Waals surface area contributed by atoms with E-state index in [1.54, 1.807) is 0 Å². The number of benzene rings is 1. The Morgan fingerprint density at radius 1 is 1.24 bits per heavy atom. The fourth-order valence-electron chi connectivity index (χ4n) is 1.94. The normalized spacial score (nSPS) is 11.2. The summed E-state index contributed by atoms with van der Waals surface area (Å²) in [5, 5.41) is 4.98. The van der Waals surface area contributed by atoms with Crippen LogP contribution in [-0.4, -0.2) is 22.4 Å². The Balaban J connectivity index is 2.08. The van der Waals surface area contributed by atoms with Crippen molar-refractivity contribution in [2.45, 2.75) is 25.9 Å². The largest absolute Gasteiger partial charge is 0.417 e. The molecule has 25 heavy (non-hydrogen) atoms. The molecule has 0 saturated heterocycles. The van der Waals surface area contributed by atoms with Crippen LogP contribution < -0.4 is 10.6 Å². The molecule has 0 fully saturated rings. The molecule has 1 amide bonds. The highest BCUT2D eigenvalue weighted by molar-refractivity contribution is 6.31.